The minimum atomic E-state index is -4.59. The smallest absolute Gasteiger partial charge is 0.400 e. The summed E-state index contributed by atoms with van der Waals surface area (Å²) in [6.07, 6.45) is -3.66. The molecule has 31 heavy (non-hydrogen) atoms. The van der Waals surface area contributed by atoms with Crippen molar-refractivity contribution in [2.45, 2.75) is 6.18 Å². The van der Waals surface area contributed by atoms with E-state index in [9.17, 15) is 22.8 Å². The average molecular weight is 474 g/mol. The number of anilines is 3. The Hall–Kier alpha value is -3.73. The lowest BCUT2D eigenvalue weighted by atomic mass is 10.4. The minimum Gasteiger partial charge on any atom is -0.400 e. The molecule has 0 aromatic carbocycles. The largest absolute Gasteiger partial charge is 0.433 e. The van der Waals surface area contributed by atoms with Gasteiger partial charge in [0, 0.05) is 20.4 Å². The molecule has 3 aromatic heterocycles. The van der Waals surface area contributed by atoms with E-state index in [1.807, 2.05) is 0 Å². The zero-order valence-electron chi connectivity index (χ0n) is 15.7. The van der Waals surface area contributed by atoms with Gasteiger partial charge in [-0.05, 0) is 29.1 Å². The molecule has 0 aliphatic heterocycles. The molecule has 3 aromatic rings. The molecular weight excluding hydrogens is 461 g/mol. The normalized spacial score (nSPS) is 9.81. The van der Waals surface area contributed by atoms with Crippen molar-refractivity contribution in [3.05, 3.63) is 49.8 Å². The van der Waals surface area contributed by atoms with Gasteiger partial charge in [-0.25, -0.2) is 9.97 Å². The van der Waals surface area contributed by atoms with E-state index in [2.05, 4.69) is 29.3 Å². The van der Waals surface area contributed by atoms with Crippen LogP contribution in [0.3, 0.4) is 0 Å². The first-order chi connectivity index (χ1) is 14.7. The third-order valence-electron chi connectivity index (χ3n) is 3.02. The van der Waals surface area contributed by atoms with Gasteiger partial charge in [0.1, 0.15) is 27.8 Å². The van der Waals surface area contributed by atoms with Crippen LogP contribution in [0.2, 0.25) is 0 Å². The molecule has 3 heterocycles. The highest BCUT2D eigenvalue weighted by molar-refractivity contribution is 7.10. The van der Waals surface area contributed by atoms with E-state index in [-0.39, 0.29) is 27.6 Å². The fourth-order valence-corrected chi connectivity index (χ4v) is 3.07. The second kappa shape index (κ2) is 11.5. The maximum absolute atomic E-state index is 12.4. The molecule has 0 radical (unpaired) electrons. The molecule has 0 saturated carbocycles. The van der Waals surface area contributed by atoms with Crippen molar-refractivity contribution in [1.29, 1.82) is 10.5 Å². The number of hydrogen-bond donors (Lipinski definition) is 5. The zero-order chi connectivity index (χ0) is 23.6. The van der Waals surface area contributed by atoms with Crippen molar-refractivity contribution >= 4 is 39.0 Å². The first kappa shape index (κ1) is 25.3. The molecule has 0 aliphatic carbocycles. The number of aliphatic hydroxyl groups excluding tert-OH is 1. The molecule has 16 heteroatoms. The van der Waals surface area contributed by atoms with Crippen molar-refractivity contribution in [2.24, 2.45) is 0 Å². The third kappa shape index (κ3) is 6.64. The molecule has 3 rings (SSSR count). The summed E-state index contributed by atoms with van der Waals surface area (Å²) in [5.41, 5.74) is -2.14. The molecule has 11 nitrogen and oxygen atoms in total. The van der Waals surface area contributed by atoms with E-state index < -0.39 is 17.4 Å². The van der Waals surface area contributed by atoms with Crippen molar-refractivity contribution in [1.82, 2.24) is 18.7 Å². The Labute approximate surface area is 179 Å². The van der Waals surface area contributed by atoms with Crippen molar-refractivity contribution < 1.29 is 18.3 Å². The molecule has 164 valence electrons. The van der Waals surface area contributed by atoms with E-state index in [1.54, 1.807) is 19.2 Å². The Kier molecular flexibility index (Phi) is 9.35. The quantitative estimate of drug-likeness (QED) is 0.378. The van der Waals surface area contributed by atoms with Gasteiger partial charge in [-0.1, -0.05) is 0 Å². The third-order valence-corrected chi connectivity index (χ3v) is 4.72. The van der Waals surface area contributed by atoms with E-state index in [0.717, 1.165) is 42.4 Å². The molecule has 0 bridgehead atoms. The van der Waals surface area contributed by atoms with Crippen molar-refractivity contribution in [3.8, 4) is 12.1 Å². The molecule has 0 amide bonds. The van der Waals surface area contributed by atoms with E-state index >= 15 is 0 Å². The number of aromatic amines is 2. The summed E-state index contributed by atoms with van der Waals surface area (Å²) in [6, 6.07) is 4.15. The number of halogens is 3. The van der Waals surface area contributed by atoms with Crippen LogP contribution in [0.25, 0.3) is 0 Å². The van der Waals surface area contributed by atoms with Gasteiger partial charge < -0.3 is 15.7 Å². The SMILES string of the molecule is CNc1s[nH]c(=O)c1C#N.CO.N#Cc1c(Nc2nccc(C(F)(F)F)n2)s[nH]c1=O. The predicted molar refractivity (Wildman–Crippen MR) is 107 cm³/mol. The maximum Gasteiger partial charge on any atom is 0.433 e. The van der Waals surface area contributed by atoms with Crippen molar-refractivity contribution in [2.75, 3.05) is 24.8 Å². The number of nitrogens with zero attached hydrogens (tertiary/aromatic N) is 4. The summed E-state index contributed by atoms with van der Waals surface area (Å²) in [5, 5.41) is 29.9. The number of nitriles is 2. The minimum absolute atomic E-state index is 0.0619. The van der Waals surface area contributed by atoms with E-state index in [4.69, 9.17) is 15.6 Å². The maximum atomic E-state index is 12.4. The number of H-pyrrole nitrogens is 2. The van der Waals surface area contributed by atoms with Crippen LogP contribution in [0.1, 0.15) is 16.8 Å². The zero-order valence-corrected chi connectivity index (χ0v) is 17.3. The number of alkyl halides is 3. The lowest BCUT2D eigenvalue weighted by Crippen LogP contribution is -2.10. The second-order valence-corrected chi connectivity index (χ2v) is 6.47. The van der Waals surface area contributed by atoms with E-state index in [0.29, 0.717) is 5.00 Å². The van der Waals surface area contributed by atoms with Crippen LogP contribution >= 0.6 is 23.1 Å². The molecule has 0 aliphatic rings. The van der Waals surface area contributed by atoms with Gasteiger partial charge in [0.2, 0.25) is 5.95 Å². The number of aromatic nitrogens is 4. The van der Waals surface area contributed by atoms with Gasteiger partial charge in [-0.3, -0.25) is 18.3 Å². The summed E-state index contributed by atoms with van der Waals surface area (Å²) < 4.78 is 42.0. The standard InChI is InChI=1S/C9H4F3N5OS.C5H5N3OS.CH4O/c10-9(11,12)5-1-2-14-8(15-5)16-7-4(3-13)6(18)17-19-7;1-7-5-3(2-6)4(9)8-10-5;1-2/h1-2H,(H,17,18)(H,14,15,16);7H,1H3,(H,8,9);2H,1H3. The Morgan fingerprint density at radius 2 is 1.58 bits per heavy atom. The summed E-state index contributed by atoms with van der Waals surface area (Å²) in [4.78, 5) is 28.7. The van der Waals surface area contributed by atoms with Crippen LogP contribution in [-0.4, -0.2) is 38.0 Å². The summed E-state index contributed by atoms with van der Waals surface area (Å²) in [6.45, 7) is 0. The fourth-order valence-electron chi connectivity index (χ4n) is 1.75. The summed E-state index contributed by atoms with van der Waals surface area (Å²) >= 11 is 1.91. The highest BCUT2D eigenvalue weighted by atomic mass is 32.1. The van der Waals surface area contributed by atoms with Gasteiger partial charge in [0.05, 0.1) is 0 Å². The van der Waals surface area contributed by atoms with Crippen LogP contribution in [-0.2, 0) is 6.18 Å². The second-order valence-electron chi connectivity index (χ2n) is 4.84. The lowest BCUT2D eigenvalue weighted by molar-refractivity contribution is -0.141. The first-order valence-electron chi connectivity index (χ1n) is 7.74. The Bertz CT molecular complexity index is 1200. The van der Waals surface area contributed by atoms with Crippen LogP contribution in [0.5, 0.6) is 0 Å². The molecule has 0 atom stereocenters. The van der Waals surface area contributed by atoms with Gasteiger partial charge >= 0.3 is 6.18 Å². The van der Waals surface area contributed by atoms with Gasteiger partial charge in [0.15, 0.2) is 11.1 Å². The Morgan fingerprint density at radius 3 is 2.03 bits per heavy atom. The van der Waals surface area contributed by atoms with Crippen LogP contribution in [0.15, 0.2) is 21.9 Å². The fraction of sp³-hybridized carbons (Fsp3) is 0.200. The van der Waals surface area contributed by atoms with Crippen LogP contribution < -0.4 is 21.8 Å². The highest BCUT2D eigenvalue weighted by Gasteiger charge is 2.32. The summed E-state index contributed by atoms with van der Waals surface area (Å²) in [7, 11) is 2.67. The van der Waals surface area contributed by atoms with Crippen molar-refractivity contribution in [3.63, 3.8) is 0 Å². The molecular formula is C15H13F3N8O3S2. The molecule has 0 fully saturated rings. The number of hydrogen-bond acceptors (Lipinski definition) is 11. The number of nitrogens with one attached hydrogen (secondary N) is 4. The van der Waals surface area contributed by atoms with Crippen LogP contribution in [0, 0.1) is 22.7 Å². The molecule has 0 spiro atoms. The Balaban J connectivity index is 0.000000337. The first-order valence-corrected chi connectivity index (χ1v) is 9.37. The monoisotopic (exact) mass is 474 g/mol. The lowest BCUT2D eigenvalue weighted by Gasteiger charge is -2.07. The van der Waals surface area contributed by atoms with Crippen LogP contribution in [0.4, 0.5) is 29.1 Å². The average Bonchev–Trinajstić information content (AvgIpc) is 3.30. The predicted octanol–water partition coefficient (Wildman–Crippen LogP) is 1.82. The molecule has 0 saturated heterocycles. The molecule has 5 N–H and O–H groups in total. The number of aliphatic hydroxyl groups is 1. The number of rotatable bonds is 3. The Morgan fingerprint density at radius 1 is 1.06 bits per heavy atom. The van der Waals surface area contributed by atoms with Gasteiger partial charge in [0.25, 0.3) is 11.1 Å². The summed E-state index contributed by atoms with van der Waals surface area (Å²) in [5.74, 6) is -0.346. The molecule has 0 unspecified atom stereocenters. The topological polar surface area (TPSA) is 183 Å². The van der Waals surface area contributed by atoms with Gasteiger partial charge in [-0.2, -0.15) is 23.7 Å². The van der Waals surface area contributed by atoms with E-state index in [1.165, 1.54) is 0 Å². The highest BCUT2D eigenvalue weighted by Crippen LogP contribution is 2.28. The van der Waals surface area contributed by atoms with Gasteiger partial charge in [-0.15, -0.1) is 0 Å².